The first-order valence-corrected chi connectivity index (χ1v) is 7.19. The number of aliphatic hydroxyl groups excluding tert-OH is 1. The Morgan fingerprint density at radius 3 is 2.65 bits per heavy atom. The predicted octanol–water partition coefficient (Wildman–Crippen LogP) is 2.72. The van der Waals surface area contributed by atoms with Gasteiger partial charge in [-0.1, -0.05) is 30.3 Å². The number of hydrogen-bond acceptors (Lipinski definition) is 3. The maximum absolute atomic E-state index is 9.57. The topological polar surface area (TPSA) is 41.5 Å². The maximum Gasteiger partial charge on any atom is 0.120 e. The van der Waals surface area contributed by atoms with Gasteiger partial charge in [-0.2, -0.15) is 0 Å². The van der Waals surface area contributed by atoms with Crippen molar-refractivity contribution in [3.63, 3.8) is 0 Å². The smallest absolute Gasteiger partial charge is 0.120 e. The molecule has 0 spiro atoms. The highest BCUT2D eigenvalue weighted by molar-refractivity contribution is 5.83. The fourth-order valence-corrected chi connectivity index (χ4v) is 2.35. The number of nitrogens with one attached hydrogen (secondary N) is 1. The third kappa shape index (κ3) is 3.11. The van der Waals surface area contributed by atoms with Crippen LogP contribution in [-0.2, 0) is 0 Å². The van der Waals surface area contributed by atoms with Crippen LogP contribution in [0.5, 0.6) is 5.75 Å². The second kappa shape index (κ2) is 5.43. The number of hydrogen-bond donors (Lipinski definition) is 2. The molecular formula is C17H21NO2. The minimum absolute atomic E-state index is 0.0804. The van der Waals surface area contributed by atoms with Gasteiger partial charge in [0.2, 0.25) is 0 Å². The summed E-state index contributed by atoms with van der Waals surface area (Å²) in [6, 6.07) is 14.9. The standard InChI is InChI=1S/C17H21NO2/c1-17(11-19,18-15-7-8-15)12-20-16-9-6-13-4-2-3-5-14(13)10-16/h2-6,9-10,15,18-19H,7-8,11-12H2,1H3. The molecule has 20 heavy (non-hydrogen) atoms. The quantitative estimate of drug-likeness (QED) is 0.849. The summed E-state index contributed by atoms with van der Waals surface area (Å²) < 4.78 is 5.88. The van der Waals surface area contributed by atoms with E-state index in [0.717, 1.165) is 5.75 Å². The summed E-state index contributed by atoms with van der Waals surface area (Å²) in [6.07, 6.45) is 2.40. The zero-order valence-corrected chi connectivity index (χ0v) is 11.8. The Balaban J connectivity index is 1.68. The first kappa shape index (κ1) is 13.4. The normalized spacial score (nSPS) is 17.9. The van der Waals surface area contributed by atoms with Crippen molar-refractivity contribution in [3.05, 3.63) is 42.5 Å². The second-order valence-electron chi connectivity index (χ2n) is 5.94. The van der Waals surface area contributed by atoms with E-state index in [0.29, 0.717) is 12.6 Å². The summed E-state index contributed by atoms with van der Waals surface area (Å²) in [7, 11) is 0. The van der Waals surface area contributed by atoms with E-state index < -0.39 is 0 Å². The lowest BCUT2D eigenvalue weighted by Crippen LogP contribution is -2.51. The van der Waals surface area contributed by atoms with Gasteiger partial charge in [-0.25, -0.2) is 0 Å². The highest BCUT2D eigenvalue weighted by Crippen LogP contribution is 2.24. The molecule has 2 aromatic rings. The molecule has 106 valence electrons. The van der Waals surface area contributed by atoms with Crippen LogP contribution in [0.15, 0.2) is 42.5 Å². The van der Waals surface area contributed by atoms with Gasteiger partial charge in [0.05, 0.1) is 12.1 Å². The lowest BCUT2D eigenvalue weighted by molar-refractivity contribution is 0.114. The molecule has 1 aliphatic rings. The van der Waals surface area contributed by atoms with E-state index in [1.54, 1.807) is 0 Å². The van der Waals surface area contributed by atoms with E-state index in [2.05, 4.69) is 23.5 Å². The molecule has 0 amide bonds. The van der Waals surface area contributed by atoms with Crippen LogP contribution in [0, 0.1) is 0 Å². The summed E-state index contributed by atoms with van der Waals surface area (Å²) in [6.45, 7) is 2.56. The van der Waals surface area contributed by atoms with Crippen molar-refractivity contribution in [2.75, 3.05) is 13.2 Å². The minimum Gasteiger partial charge on any atom is -0.492 e. The van der Waals surface area contributed by atoms with Gasteiger partial charge in [0.25, 0.3) is 0 Å². The van der Waals surface area contributed by atoms with Crippen LogP contribution in [-0.4, -0.2) is 29.9 Å². The lowest BCUT2D eigenvalue weighted by atomic mass is 10.1. The third-order valence-electron chi connectivity index (χ3n) is 3.76. The van der Waals surface area contributed by atoms with Crippen molar-refractivity contribution in [1.29, 1.82) is 0 Å². The Labute approximate surface area is 119 Å². The van der Waals surface area contributed by atoms with E-state index in [9.17, 15) is 5.11 Å². The average Bonchev–Trinajstić information content (AvgIpc) is 3.29. The Kier molecular flexibility index (Phi) is 3.64. The van der Waals surface area contributed by atoms with Crippen LogP contribution < -0.4 is 10.1 Å². The molecule has 0 heterocycles. The summed E-state index contributed by atoms with van der Waals surface area (Å²) in [5.41, 5.74) is -0.368. The van der Waals surface area contributed by atoms with Crippen molar-refractivity contribution >= 4 is 10.8 Å². The van der Waals surface area contributed by atoms with Gasteiger partial charge >= 0.3 is 0 Å². The van der Waals surface area contributed by atoms with E-state index >= 15 is 0 Å². The van der Waals surface area contributed by atoms with Crippen molar-refractivity contribution in [2.24, 2.45) is 0 Å². The number of rotatable bonds is 6. The highest BCUT2D eigenvalue weighted by atomic mass is 16.5. The first-order chi connectivity index (χ1) is 9.68. The Bertz CT molecular complexity index is 594. The first-order valence-electron chi connectivity index (χ1n) is 7.19. The fourth-order valence-electron chi connectivity index (χ4n) is 2.35. The summed E-state index contributed by atoms with van der Waals surface area (Å²) in [4.78, 5) is 0. The van der Waals surface area contributed by atoms with Crippen LogP contribution in [0.4, 0.5) is 0 Å². The molecule has 2 aromatic carbocycles. The molecule has 1 fully saturated rings. The SMILES string of the molecule is CC(CO)(COc1ccc2ccccc2c1)NC1CC1. The zero-order valence-electron chi connectivity index (χ0n) is 11.8. The number of aliphatic hydroxyl groups is 1. The van der Waals surface area contributed by atoms with Gasteiger partial charge in [-0.15, -0.1) is 0 Å². The molecule has 1 aliphatic carbocycles. The summed E-state index contributed by atoms with van der Waals surface area (Å²) >= 11 is 0. The molecule has 1 unspecified atom stereocenters. The van der Waals surface area contributed by atoms with Crippen LogP contribution in [0.3, 0.4) is 0 Å². The maximum atomic E-state index is 9.57. The molecule has 0 bridgehead atoms. The molecule has 3 nitrogen and oxygen atoms in total. The highest BCUT2D eigenvalue weighted by Gasteiger charge is 2.32. The Hall–Kier alpha value is -1.58. The number of fused-ring (bicyclic) bond motifs is 1. The summed E-state index contributed by atoms with van der Waals surface area (Å²) in [5, 5.41) is 15.4. The van der Waals surface area contributed by atoms with Crippen LogP contribution in [0.25, 0.3) is 10.8 Å². The predicted molar refractivity (Wildman–Crippen MR) is 81.1 cm³/mol. The van der Waals surface area contributed by atoms with Crippen LogP contribution >= 0.6 is 0 Å². The zero-order chi connectivity index (χ0) is 14.0. The monoisotopic (exact) mass is 271 g/mol. The van der Waals surface area contributed by atoms with Crippen molar-refractivity contribution in [1.82, 2.24) is 5.32 Å². The van der Waals surface area contributed by atoms with Crippen molar-refractivity contribution in [3.8, 4) is 5.75 Å². The largest absolute Gasteiger partial charge is 0.492 e. The van der Waals surface area contributed by atoms with Gasteiger partial charge in [-0.3, -0.25) is 0 Å². The van der Waals surface area contributed by atoms with Crippen molar-refractivity contribution in [2.45, 2.75) is 31.3 Å². The van der Waals surface area contributed by atoms with Gasteiger partial charge in [0, 0.05) is 6.04 Å². The molecule has 1 saturated carbocycles. The molecular weight excluding hydrogens is 250 g/mol. The summed E-state index contributed by atoms with van der Waals surface area (Å²) in [5.74, 6) is 0.848. The number of ether oxygens (including phenoxy) is 1. The molecule has 2 N–H and O–H groups in total. The Morgan fingerprint density at radius 2 is 1.95 bits per heavy atom. The third-order valence-corrected chi connectivity index (χ3v) is 3.76. The van der Waals surface area contributed by atoms with Gasteiger partial charge in [0.1, 0.15) is 12.4 Å². The molecule has 1 atom stereocenters. The second-order valence-corrected chi connectivity index (χ2v) is 5.94. The molecule has 0 aliphatic heterocycles. The fraction of sp³-hybridized carbons (Fsp3) is 0.412. The van der Waals surface area contributed by atoms with Gasteiger partial charge in [0.15, 0.2) is 0 Å². The van der Waals surface area contributed by atoms with E-state index in [1.807, 2.05) is 31.2 Å². The van der Waals surface area contributed by atoms with E-state index in [4.69, 9.17) is 4.74 Å². The lowest BCUT2D eigenvalue weighted by Gasteiger charge is -2.28. The van der Waals surface area contributed by atoms with E-state index in [1.165, 1.54) is 23.6 Å². The molecule has 0 saturated heterocycles. The molecule has 0 aromatic heterocycles. The average molecular weight is 271 g/mol. The molecule has 3 rings (SSSR count). The molecule has 0 radical (unpaired) electrons. The van der Waals surface area contributed by atoms with E-state index in [-0.39, 0.29) is 12.1 Å². The van der Waals surface area contributed by atoms with Gasteiger partial charge in [-0.05, 0) is 42.7 Å². The van der Waals surface area contributed by atoms with Crippen LogP contribution in [0.1, 0.15) is 19.8 Å². The minimum atomic E-state index is -0.368. The Morgan fingerprint density at radius 1 is 1.20 bits per heavy atom. The number of benzene rings is 2. The molecule has 3 heteroatoms. The van der Waals surface area contributed by atoms with Crippen LogP contribution in [0.2, 0.25) is 0 Å². The van der Waals surface area contributed by atoms with Crippen molar-refractivity contribution < 1.29 is 9.84 Å². The van der Waals surface area contributed by atoms with Gasteiger partial charge < -0.3 is 15.2 Å².